The van der Waals surface area contributed by atoms with Gasteiger partial charge in [0.05, 0.1) is 74.1 Å². The van der Waals surface area contributed by atoms with Crippen LogP contribution in [0.1, 0.15) is 15.9 Å². The number of rotatable bonds is 18. The van der Waals surface area contributed by atoms with Crippen molar-refractivity contribution in [2.45, 2.75) is 12.5 Å². The fourth-order valence-electron chi connectivity index (χ4n) is 4.05. The number of ether oxygens (including phenoxy) is 4. The van der Waals surface area contributed by atoms with Crippen molar-refractivity contribution in [2.24, 2.45) is 12.8 Å². The number of methoxy groups -OCH3 is 1. The van der Waals surface area contributed by atoms with Gasteiger partial charge < -0.3 is 35.3 Å². The molecule has 2 heterocycles. The quantitative estimate of drug-likeness (QED) is 0.126. The zero-order valence-corrected chi connectivity index (χ0v) is 28.7. The second-order valence-corrected chi connectivity index (χ2v) is 10.2. The number of halogens is 2. The molecule has 2 amide bonds. The van der Waals surface area contributed by atoms with Gasteiger partial charge in [0.15, 0.2) is 5.75 Å². The molecule has 0 spiro atoms. The Morgan fingerprint density at radius 1 is 0.978 bits per heavy atom. The maximum absolute atomic E-state index is 13.2. The van der Waals surface area contributed by atoms with Gasteiger partial charge in [-0.3, -0.25) is 19.4 Å². The van der Waals surface area contributed by atoms with E-state index >= 15 is 0 Å². The van der Waals surface area contributed by atoms with Gasteiger partial charge in [-0.2, -0.15) is 5.10 Å². The molecule has 3 aromatic rings. The third-order valence-electron chi connectivity index (χ3n) is 6.26. The molecular weight excluding hydrogens is 705 g/mol. The topological polar surface area (TPSA) is 169 Å². The van der Waals surface area contributed by atoms with Crippen LogP contribution in [0.5, 0.6) is 5.75 Å². The van der Waals surface area contributed by atoms with Gasteiger partial charge in [-0.25, -0.2) is 4.68 Å². The van der Waals surface area contributed by atoms with E-state index in [0.717, 1.165) is 5.56 Å². The summed E-state index contributed by atoms with van der Waals surface area (Å²) in [5.41, 5.74) is 6.72. The molecule has 3 radical (unpaired) electrons. The fourth-order valence-corrected chi connectivity index (χ4v) is 4.59. The summed E-state index contributed by atoms with van der Waals surface area (Å²) in [7, 11) is 3.01. The van der Waals surface area contributed by atoms with Gasteiger partial charge in [0.1, 0.15) is 6.04 Å². The van der Waals surface area contributed by atoms with Crippen molar-refractivity contribution < 1.29 is 28.5 Å². The van der Waals surface area contributed by atoms with Crippen LogP contribution in [0.3, 0.4) is 0 Å². The van der Waals surface area contributed by atoms with Gasteiger partial charge in [0, 0.05) is 39.0 Å². The Morgan fingerprint density at radius 3 is 2.15 bits per heavy atom. The molecule has 0 saturated carbocycles. The van der Waals surface area contributed by atoms with Crippen LogP contribution >= 0.6 is 23.2 Å². The van der Waals surface area contributed by atoms with Crippen molar-refractivity contribution in [2.75, 3.05) is 59.8 Å². The Kier molecular flexibility index (Phi) is 18.5. The van der Waals surface area contributed by atoms with Gasteiger partial charge in [-0.05, 0) is 11.1 Å². The van der Waals surface area contributed by atoms with Crippen LogP contribution in [0.4, 0.5) is 0 Å². The van der Waals surface area contributed by atoms with Crippen molar-refractivity contribution in [3.8, 4) is 16.9 Å². The first-order chi connectivity index (χ1) is 22.3. The molecule has 0 fully saturated rings. The molecule has 1 atom stereocenters. The Hall–Kier alpha value is -3.01. The number of aryl methyl sites for hydroxylation is 1. The number of hydrogen-bond acceptors (Lipinski definition) is 10. The van der Waals surface area contributed by atoms with Gasteiger partial charge in [-0.15, -0.1) is 0 Å². The first-order valence-electron chi connectivity index (χ1n) is 14.0. The molecule has 0 aliphatic rings. The minimum absolute atomic E-state index is 0.00821. The molecule has 17 heteroatoms. The second kappa shape index (κ2) is 21.7. The van der Waals surface area contributed by atoms with E-state index < -0.39 is 17.9 Å². The molecule has 0 saturated heterocycles. The van der Waals surface area contributed by atoms with Crippen LogP contribution in [0, 0.1) is 0 Å². The molecule has 46 heavy (non-hydrogen) atoms. The van der Waals surface area contributed by atoms with Crippen LogP contribution in [0.15, 0.2) is 47.7 Å². The monoisotopic (exact) mass is 741 g/mol. The van der Waals surface area contributed by atoms with Gasteiger partial charge in [0.2, 0.25) is 5.91 Å². The van der Waals surface area contributed by atoms with E-state index in [1.54, 1.807) is 31.3 Å². The zero-order chi connectivity index (χ0) is 33.9. The third kappa shape index (κ3) is 12.3. The Labute approximate surface area is 286 Å². The van der Waals surface area contributed by atoms with E-state index in [9.17, 15) is 14.4 Å². The van der Waals surface area contributed by atoms with E-state index in [4.69, 9.17) is 47.9 Å². The summed E-state index contributed by atoms with van der Waals surface area (Å²) in [5.74, 6) is -0.736. The normalized spacial score (nSPS) is 11.3. The minimum atomic E-state index is -0.992. The van der Waals surface area contributed by atoms with E-state index in [0.29, 0.717) is 56.5 Å². The van der Waals surface area contributed by atoms with Gasteiger partial charge >= 0.3 is 22.5 Å². The summed E-state index contributed by atoms with van der Waals surface area (Å²) in [6, 6.07) is 6.01. The number of nitrogens with zero attached hydrogens (tertiary/aromatic N) is 3. The van der Waals surface area contributed by atoms with Crippen LogP contribution in [-0.4, -0.2) is 115 Å². The SMILES string of the molecule is COc1cnn(C)c(=O)c1-c1ccc(CC(NC(=O)c2c(Cl)cncc2Cl)C(=O)NCCOCCOCCOCCN)cc1.[B][Se]. The Bertz CT molecular complexity index is 1430. The first kappa shape index (κ1) is 39.2. The summed E-state index contributed by atoms with van der Waals surface area (Å²) < 4.78 is 22.7. The van der Waals surface area contributed by atoms with E-state index in [1.165, 1.54) is 30.4 Å². The molecule has 4 N–H and O–H groups in total. The number of pyridine rings is 1. The summed E-state index contributed by atoms with van der Waals surface area (Å²) >= 11 is 14.5. The van der Waals surface area contributed by atoms with Crippen LogP contribution < -0.4 is 26.7 Å². The van der Waals surface area contributed by atoms with Crippen LogP contribution in [0.25, 0.3) is 11.1 Å². The van der Waals surface area contributed by atoms with E-state index in [1.807, 2.05) is 0 Å². The number of benzene rings is 1. The molecule has 13 nitrogen and oxygen atoms in total. The number of aromatic nitrogens is 3. The summed E-state index contributed by atoms with van der Waals surface area (Å²) in [6.45, 7) is 7.35. The average molecular weight is 741 g/mol. The van der Waals surface area contributed by atoms with Crippen molar-refractivity contribution >= 4 is 57.5 Å². The maximum atomic E-state index is 13.2. The predicted octanol–water partition coefficient (Wildman–Crippen LogP) is 0.862. The number of nitrogens with two attached hydrogens (primary N) is 1. The molecule has 2 aromatic heterocycles. The second-order valence-electron chi connectivity index (χ2n) is 9.34. The van der Waals surface area contributed by atoms with Crippen molar-refractivity contribution in [1.82, 2.24) is 25.4 Å². The molecular formula is C29H36BCl2N6O7Se. The third-order valence-corrected chi connectivity index (χ3v) is 6.83. The van der Waals surface area contributed by atoms with Crippen LogP contribution in [0.2, 0.25) is 10.0 Å². The molecule has 1 aromatic carbocycles. The molecule has 1 unspecified atom stereocenters. The fraction of sp³-hybridized carbons (Fsp3) is 0.414. The predicted molar refractivity (Wildman–Crippen MR) is 177 cm³/mol. The van der Waals surface area contributed by atoms with Gasteiger partial charge in [-0.1, -0.05) is 47.5 Å². The summed E-state index contributed by atoms with van der Waals surface area (Å²) in [4.78, 5) is 42.9. The Morgan fingerprint density at radius 2 is 1.57 bits per heavy atom. The Balaban J connectivity index is 0.00000361. The average Bonchev–Trinajstić information content (AvgIpc) is 3.05. The zero-order valence-electron chi connectivity index (χ0n) is 25.5. The standard InChI is InChI=1S/C29H36Cl2N6O7.BSe/c1-37-29(40)25(24(41-2)18-35-37)20-5-3-19(4-6-20)15-23(36-28(39)26-21(30)16-33-17-22(26)31)27(38)34-8-10-43-12-14-44-13-11-42-9-7-32;1-2/h3-6,16-18,23H,7-15,32H2,1-2H3,(H,34,38)(H,36,39);. The van der Waals surface area contributed by atoms with Crippen molar-refractivity contribution in [1.29, 1.82) is 0 Å². The molecule has 247 valence electrons. The number of carbonyl (C=O) groups is 2. The molecule has 0 bridgehead atoms. The number of hydrogen-bond donors (Lipinski definition) is 3. The molecule has 0 aliphatic carbocycles. The molecule has 0 aliphatic heterocycles. The van der Waals surface area contributed by atoms with Gasteiger partial charge in [0.25, 0.3) is 11.5 Å². The van der Waals surface area contributed by atoms with Crippen molar-refractivity contribution in [3.05, 3.63) is 74.4 Å². The van der Waals surface area contributed by atoms with E-state index in [2.05, 4.69) is 43.2 Å². The first-order valence-corrected chi connectivity index (χ1v) is 15.7. The number of nitrogens with one attached hydrogen (secondary N) is 2. The van der Waals surface area contributed by atoms with E-state index in [-0.39, 0.29) is 40.7 Å². The number of amides is 2. The van der Waals surface area contributed by atoms with Crippen molar-refractivity contribution in [3.63, 3.8) is 0 Å². The summed E-state index contributed by atoms with van der Waals surface area (Å²) in [5, 5.41) is 9.59. The summed E-state index contributed by atoms with van der Waals surface area (Å²) in [6.07, 6.45) is 4.18. The number of carbonyl (C=O) groups excluding carboxylic acids is 2. The molecule has 3 rings (SSSR count). The van der Waals surface area contributed by atoms with Crippen LogP contribution in [-0.2, 0) is 32.5 Å².